The third-order valence-corrected chi connectivity index (χ3v) is 6.17. The summed E-state index contributed by atoms with van der Waals surface area (Å²) >= 11 is 0. The lowest BCUT2D eigenvalue weighted by Crippen LogP contribution is -2.36. The van der Waals surface area contributed by atoms with Gasteiger partial charge in [0.1, 0.15) is 18.7 Å². The van der Waals surface area contributed by atoms with Crippen LogP contribution in [0.25, 0.3) is 17.0 Å². The SMILES string of the molecule is Cc1cncc(-c2cccc3c2CCN2C(=O)CN=C(n4cnc(C5CC5)c4)C=C32)n1. The van der Waals surface area contributed by atoms with Gasteiger partial charge in [-0.05, 0) is 31.7 Å². The first-order chi connectivity index (χ1) is 15.2. The van der Waals surface area contributed by atoms with Gasteiger partial charge in [0.05, 0.1) is 29.0 Å². The largest absolute Gasteiger partial charge is 0.310 e. The Morgan fingerprint density at radius 1 is 1.13 bits per heavy atom. The molecule has 0 bridgehead atoms. The van der Waals surface area contributed by atoms with Crippen LogP contribution in [0.1, 0.15) is 41.3 Å². The fourth-order valence-corrected chi connectivity index (χ4v) is 4.44. The summed E-state index contributed by atoms with van der Waals surface area (Å²) in [5.74, 6) is 1.35. The van der Waals surface area contributed by atoms with Gasteiger partial charge in [-0.1, -0.05) is 18.2 Å². The molecule has 4 heterocycles. The van der Waals surface area contributed by atoms with E-state index in [9.17, 15) is 4.79 Å². The fraction of sp³-hybridized carbons (Fsp3) is 0.292. The Hall–Kier alpha value is -3.61. The van der Waals surface area contributed by atoms with Crippen LogP contribution in [-0.2, 0) is 11.2 Å². The van der Waals surface area contributed by atoms with Crippen LogP contribution >= 0.6 is 0 Å². The molecule has 0 saturated heterocycles. The maximum absolute atomic E-state index is 12.9. The number of aliphatic imine (C=N–C) groups is 1. The molecule has 1 fully saturated rings. The predicted octanol–water partition coefficient (Wildman–Crippen LogP) is 3.21. The minimum atomic E-state index is 0.0233. The third kappa shape index (κ3) is 3.17. The molecule has 0 spiro atoms. The van der Waals surface area contributed by atoms with E-state index >= 15 is 0 Å². The average molecular weight is 410 g/mol. The van der Waals surface area contributed by atoms with E-state index in [4.69, 9.17) is 0 Å². The second kappa shape index (κ2) is 6.97. The molecule has 0 unspecified atom stereocenters. The third-order valence-electron chi connectivity index (χ3n) is 6.17. The number of benzene rings is 1. The van der Waals surface area contributed by atoms with Crippen molar-refractivity contribution in [3.8, 4) is 11.3 Å². The maximum atomic E-state index is 12.9. The van der Waals surface area contributed by atoms with Gasteiger partial charge < -0.3 is 4.90 Å². The summed E-state index contributed by atoms with van der Waals surface area (Å²) in [6, 6.07) is 6.20. The Labute approximate surface area is 180 Å². The Morgan fingerprint density at radius 3 is 2.84 bits per heavy atom. The summed E-state index contributed by atoms with van der Waals surface area (Å²) in [7, 11) is 0. The van der Waals surface area contributed by atoms with Gasteiger partial charge in [0.2, 0.25) is 5.91 Å². The van der Waals surface area contributed by atoms with Crippen molar-refractivity contribution < 1.29 is 4.79 Å². The number of nitrogens with zero attached hydrogens (tertiary/aromatic N) is 6. The zero-order valence-corrected chi connectivity index (χ0v) is 17.3. The van der Waals surface area contributed by atoms with Crippen LogP contribution in [0.4, 0.5) is 0 Å². The average Bonchev–Trinajstić information content (AvgIpc) is 3.55. The molecule has 0 N–H and O–H groups in total. The summed E-state index contributed by atoms with van der Waals surface area (Å²) in [6.07, 6.45) is 12.6. The second-order valence-corrected chi connectivity index (χ2v) is 8.36. The van der Waals surface area contributed by atoms with Crippen LogP contribution in [0.5, 0.6) is 0 Å². The van der Waals surface area contributed by atoms with Gasteiger partial charge >= 0.3 is 0 Å². The first kappa shape index (κ1) is 18.2. The lowest BCUT2D eigenvalue weighted by Gasteiger charge is -2.31. The summed E-state index contributed by atoms with van der Waals surface area (Å²) in [5.41, 5.74) is 7.08. The monoisotopic (exact) mass is 410 g/mol. The Bertz CT molecular complexity index is 1270. The van der Waals surface area contributed by atoms with Crippen LogP contribution < -0.4 is 0 Å². The Balaban J connectivity index is 1.46. The molecule has 7 nitrogen and oxygen atoms in total. The van der Waals surface area contributed by atoms with Crippen LogP contribution in [0.15, 0.2) is 54.2 Å². The van der Waals surface area contributed by atoms with E-state index < -0.39 is 0 Å². The van der Waals surface area contributed by atoms with Crippen molar-refractivity contribution in [1.29, 1.82) is 0 Å². The van der Waals surface area contributed by atoms with Crippen molar-refractivity contribution in [2.24, 2.45) is 4.99 Å². The molecule has 1 amide bonds. The summed E-state index contributed by atoms with van der Waals surface area (Å²) in [5, 5.41) is 0. The van der Waals surface area contributed by atoms with E-state index in [-0.39, 0.29) is 12.5 Å². The van der Waals surface area contributed by atoms with Crippen molar-refractivity contribution in [3.63, 3.8) is 0 Å². The number of allylic oxidation sites excluding steroid dienone is 1. The molecule has 1 aliphatic carbocycles. The molecule has 2 aromatic heterocycles. The molecule has 1 aromatic carbocycles. The number of aryl methyl sites for hydroxylation is 1. The summed E-state index contributed by atoms with van der Waals surface area (Å²) in [6.45, 7) is 2.72. The number of imidazole rings is 1. The lowest BCUT2D eigenvalue weighted by molar-refractivity contribution is -0.126. The molecule has 154 valence electrons. The van der Waals surface area contributed by atoms with Crippen LogP contribution in [0.3, 0.4) is 0 Å². The van der Waals surface area contributed by atoms with Gasteiger partial charge in [-0.25, -0.2) is 9.97 Å². The number of rotatable bonds is 2. The predicted molar refractivity (Wildman–Crippen MR) is 118 cm³/mol. The highest BCUT2D eigenvalue weighted by Crippen LogP contribution is 2.39. The molecule has 3 aromatic rings. The highest BCUT2D eigenvalue weighted by atomic mass is 16.2. The standard InChI is InChI=1S/C24H22N6O/c1-15-10-25-11-20(28-15)18-3-2-4-19-17(18)7-8-30-22(19)9-23(26-12-24(30)31)29-13-21(27-14-29)16-5-6-16/h2-4,9-11,13-14,16H,5-8,12H2,1H3. The highest BCUT2D eigenvalue weighted by molar-refractivity contribution is 6.06. The first-order valence-electron chi connectivity index (χ1n) is 10.7. The van der Waals surface area contributed by atoms with Gasteiger partial charge in [-0.2, -0.15) is 0 Å². The number of hydrogen-bond donors (Lipinski definition) is 0. The minimum absolute atomic E-state index is 0.0233. The van der Waals surface area contributed by atoms with Gasteiger partial charge in [-0.3, -0.25) is 19.3 Å². The summed E-state index contributed by atoms with van der Waals surface area (Å²) < 4.78 is 1.95. The normalized spacial score (nSPS) is 18.1. The molecule has 1 saturated carbocycles. The van der Waals surface area contributed by atoms with Gasteiger partial charge in [0, 0.05) is 42.1 Å². The highest BCUT2D eigenvalue weighted by Gasteiger charge is 2.30. The molecular weight excluding hydrogens is 388 g/mol. The zero-order chi connectivity index (χ0) is 20.9. The van der Waals surface area contributed by atoms with Gasteiger partial charge in [0.25, 0.3) is 0 Å². The molecule has 2 aliphatic heterocycles. The molecular formula is C24H22N6O. The molecule has 3 aliphatic rings. The van der Waals surface area contributed by atoms with E-state index in [1.165, 1.54) is 18.4 Å². The van der Waals surface area contributed by atoms with Crippen molar-refractivity contribution in [2.75, 3.05) is 13.1 Å². The summed E-state index contributed by atoms with van der Waals surface area (Å²) in [4.78, 5) is 32.9. The number of amides is 1. The lowest BCUT2D eigenvalue weighted by atomic mass is 9.90. The number of hydrogen-bond acceptors (Lipinski definition) is 5. The van der Waals surface area contributed by atoms with Crippen molar-refractivity contribution in [2.45, 2.75) is 32.1 Å². The number of fused-ring (bicyclic) bond motifs is 3. The van der Waals surface area contributed by atoms with E-state index in [1.807, 2.05) is 34.9 Å². The zero-order valence-electron chi connectivity index (χ0n) is 17.3. The second-order valence-electron chi connectivity index (χ2n) is 8.36. The quantitative estimate of drug-likeness (QED) is 0.650. The Kier molecular flexibility index (Phi) is 4.09. The number of aromatic nitrogens is 4. The van der Waals surface area contributed by atoms with Crippen molar-refractivity contribution in [1.82, 2.24) is 24.4 Å². The van der Waals surface area contributed by atoms with E-state index in [0.717, 1.165) is 46.2 Å². The van der Waals surface area contributed by atoms with Crippen molar-refractivity contribution in [3.05, 3.63) is 71.7 Å². The molecule has 6 rings (SSSR count). The maximum Gasteiger partial charge on any atom is 0.248 e. The van der Waals surface area contributed by atoms with Gasteiger partial charge in [0.15, 0.2) is 0 Å². The first-order valence-corrected chi connectivity index (χ1v) is 10.7. The molecule has 31 heavy (non-hydrogen) atoms. The van der Waals surface area contributed by atoms with Crippen LogP contribution in [0, 0.1) is 6.92 Å². The topological polar surface area (TPSA) is 76.3 Å². The number of carbonyl (C=O) groups excluding carboxylic acids is 1. The van der Waals surface area contributed by atoms with Gasteiger partial charge in [-0.15, -0.1) is 0 Å². The molecule has 0 atom stereocenters. The van der Waals surface area contributed by atoms with E-state index in [1.54, 1.807) is 12.4 Å². The minimum Gasteiger partial charge on any atom is -0.310 e. The smallest absolute Gasteiger partial charge is 0.248 e. The van der Waals surface area contributed by atoms with E-state index in [0.29, 0.717) is 12.5 Å². The van der Waals surface area contributed by atoms with Crippen molar-refractivity contribution >= 4 is 17.4 Å². The molecule has 0 radical (unpaired) electrons. The Morgan fingerprint density at radius 2 is 2.00 bits per heavy atom. The molecule has 7 heteroatoms. The van der Waals surface area contributed by atoms with Crippen LogP contribution in [-0.4, -0.2) is 49.3 Å². The number of carbonyl (C=O) groups is 1. The van der Waals surface area contributed by atoms with E-state index in [2.05, 4.69) is 38.3 Å². The fourth-order valence-electron chi connectivity index (χ4n) is 4.44. The van der Waals surface area contributed by atoms with Crippen LogP contribution in [0.2, 0.25) is 0 Å².